The molecular weight excluding hydrogens is 506 g/mol. The smallest absolute Gasteiger partial charge is 0.185 e. The lowest BCUT2D eigenvalue weighted by atomic mass is 9.93. The Morgan fingerprint density at radius 1 is 1.06 bits per heavy atom. The highest BCUT2D eigenvalue weighted by Crippen LogP contribution is 2.25. The summed E-state index contributed by atoms with van der Waals surface area (Å²) in [7, 11) is 0. The molecule has 1 aromatic heterocycles. The van der Waals surface area contributed by atoms with Crippen molar-refractivity contribution >= 4 is 41.0 Å². The summed E-state index contributed by atoms with van der Waals surface area (Å²) in [6.07, 6.45) is 3.24. The van der Waals surface area contributed by atoms with Gasteiger partial charge in [-0.2, -0.15) is 0 Å². The topological polar surface area (TPSA) is 85.5 Å². The fraction of sp³-hybridized carbons (Fsp3) is 0.391. The van der Waals surface area contributed by atoms with Crippen LogP contribution in [-0.4, -0.2) is 46.6 Å². The molecule has 3 aromatic rings. The summed E-state index contributed by atoms with van der Waals surface area (Å²) >= 11 is 0. The zero-order valence-electron chi connectivity index (χ0n) is 17.6. The molecule has 1 fully saturated rings. The minimum absolute atomic E-state index is 0. The highest BCUT2D eigenvalue weighted by atomic mass is 127. The Morgan fingerprint density at radius 3 is 2.48 bits per heavy atom. The third-order valence-corrected chi connectivity index (χ3v) is 5.88. The molecule has 31 heavy (non-hydrogen) atoms. The standard InChI is InChI=1S/C23H29FN6.HI/c24-19-7-5-18(6-8-19)16-30-21-4-2-1-3-20(21)28-22(30)15-17-9-12-29(13-10-17)14-11-27-23(25)26;/h1-8,17H,9-16H2,(H4,25,26,27);1H. The average Bonchev–Trinajstić information content (AvgIpc) is 3.08. The molecule has 0 atom stereocenters. The first-order chi connectivity index (χ1) is 14.6. The number of piperidine rings is 1. The number of nitrogens with two attached hydrogens (primary N) is 2. The summed E-state index contributed by atoms with van der Waals surface area (Å²) in [5.41, 5.74) is 14.0. The van der Waals surface area contributed by atoms with Crippen LogP contribution < -0.4 is 11.5 Å². The lowest BCUT2D eigenvalue weighted by Gasteiger charge is -2.31. The van der Waals surface area contributed by atoms with E-state index in [4.69, 9.17) is 16.5 Å². The number of nitrogens with zero attached hydrogens (tertiary/aromatic N) is 4. The van der Waals surface area contributed by atoms with Crippen LogP contribution in [0.25, 0.3) is 11.0 Å². The number of hydrogen-bond acceptors (Lipinski definition) is 3. The Kier molecular flexibility index (Phi) is 8.25. The maximum atomic E-state index is 13.3. The Balaban J connectivity index is 0.00000272. The van der Waals surface area contributed by atoms with Gasteiger partial charge in [0.1, 0.15) is 11.6 Å². The van der Waals surface area contributed by atoms with Gasteiger partial charge in [-0.05, 0) is 61.7 Å². The molecule has 6 nitrogen and oxygen atoms in total. The van der Waals surface area contributed by atoms with Crippen molar-refractivity contribution in [1.82, 2.24) is 14.5 Å². The van der Waals surface area contributed by atoms with Gasteiger partial charge in [-0.25, -0.2) is 9.37 Å². The van der Waals surface area contributed by atoms with Crippen LogP contribution in [0.15, 0.2) is 53.5 Å². The number of hydrogen-bond donors (Lipinski definition) is 2. The Bertz CT molecular complexity index is 1000. The highest BCUT2D eigenvalue weighted by molar-refractivity contribution is 14.0. The van der Waals surface area contributed by atoms with Crippen molar-refractivity contribution in [2.75, 3.05) is 26.2 Å². The fourth-order valence-electron chi connectivity index (χ4n) is 4.22. The predicted octanol–water partition coefficient (Wildman–Crippen LogP) is 3.37. The zero-order chi connectivity index (χ0) is 20.9. The number of benzene rings is 2. The summed E-state index contributed by atoms with van der Waals surface area (Å²) in [6.45, 7) is 4.37. The molecule has 166 valence electrons. The number of guanidine groups is 1. The van der Waals surface area contributed by atoms with Gasteiger partial charge in [-0.1, -0.05) is 24.3 Å². The number of imidazole rings is 1. The average molecular weight is 536 g/mol. The van der Waals surface area contributed by atoms with Crippen LogP contribution in [0.4, 0.5) is 4.39 Å². The third-order valence-electron chi connectivity index (χ3n) is 5.88. The molecule has 0 amide bonds. The summed E-state index contributed by atoms with van der Waals surface area (Å²) in [5, 5.41) is 0. The van der Waals surface area contributed by atoms with Crippen molar-refractivity contribution in [3.63, 3.8) is 0 Å². The second-order valence-electron chi connectivity index (χ2n) is 8.03. The van der Waals surface area contributed by atoms with E-state index < -0.39 is 0 Å². The minimum atomic E-state index is -0.207. The first-order valence-electron chi connectivity index (χ1n) is 10.5. The second-order valence-corrected chi connectivity index (χ2v) is 8.03. The van der Waals surface area contributed by atoms with E-state index in [-0.39, 0.29) is 35.8 Å². The van der Waals surface area contributed by atoms with Crippen molar-refractivity contribution in [2.45, 2.75) is 25.8 Å². The number of halogens is 2. The summed E-state index contributed by atoms with van der Waals surface area (Å²) < 4.78 is 15.6. The van der Waals surface area contributed by atoms with Crippen LogP contribution in [0.5, 0.6) is 0 Å². The van der Waals surface area contributed by atoms with E-state index in [2.05, 4.69) is 26.6 Å². The molecule has 0 bridgehead atoms. The first kappa shape index (κ1) is 23.5. The third kappa shape index (κ3) is 6.16. The molecular formula is C23H30FIN6. The summed E-state index contributed by atoms with van der Waals surface area (Å²) in [5.74, 6) is 1.67. The lowest BCUT2D eigenvalue weighted by Crippen LogP contribution is -2.36. The van der Waals surface area contributed by atoms with Crippen molar-refractivity contribution < 1.29 is 4.39 Å². The molecule has 0 aliphatic carbocycles. The van der Waals surface area contributed by atoms with Crippen LogP contribution in [0.2, 0.25) is 0 Å². The van der Waals surface area contributed by atoms with Crippen molar-refractivity contribution in [3.05, 3.63) is 65.7 Å². The maximum absolute atomic E-state index is 13.3. The molecule has 4 N–H and O–H groups in total. The van der Waals surface area contributed by atoms with Crippen LogP contribution in [-0.2, 0) is 13.0 Å². The molecule has 0 radical (unpaired) electrons. The number of rotatable bonds is 7. The SMILES string of the molecule is I.NC(N)=NCCN1CCC(Cc2nc3ccccc3n2Cc2ccc(F)cc2)CC1. The van der Waals surface area contributed by atoms with Crippen LogP contribution >= 0.6 is 24.0 Å². The molecule has 2 heterocycles. The quantitative estimate of drug-likeness (QED) is 0.276. The number of aromatic nitrogens is 2. The van der Waals surface area contributed by atoms with Gasteiger partial charge in [0.2, 0.25) is 0 Å². The van der Waals surface area contributed by atoms with Gasteiger partial charge in [0.25, 0.3) is 0 Å². The van der Waals surface area contributed by atoms with Gasteiger partial charge in [-0.3, -0.25) is 4.99 Å². The summed E-state index contributed by atoms with van der Waals surface area (Å²) in [4.78, 5) is 11.4. The van der Waals surface area contributed by atoms with E-state index in [0.717, 1.165) is 61.3 Å². The molecule has 0 spiro atoms. The number of fused-ring (bicyclic) bond motifs is 1. The number of para-hydroxylation sites is 2. The molecule has 1 saturated heterocycles. The first-order valence-corrected chi connectivity index (χ1v) is 10.5. The van der Waals surface area contributed by atoms with Gasteiger partial charge in [0, 0.05) is 19.5 Å². The highest BCUT2D eigenvalue weighted by Gasteiger charge is 2.22. The van der Waals surface area contributed by atoms with E-state index in [1.165, 1.54) is 12.1 Å². The molecule has 1 aliphatic heterocycles. The minimum Gasteiger partial charge on any atom is -0.370 e. The van der Waals surface area contributed by atoms with Gasteiger partial charge >= 0.3 is 0 Å². The Hall–Kier alpha value is -2.20. The van der Waals surface area contributed by atoms with Crippen molar-refractivity contribution in [1.29, 1.82) is 0 Å². The molecule has 0 saturated carbocycles. The van der Waals surface area contributed by atoms with Gasteiger partial charge < -0.3 is 20.9 Å². The lowest BCUT2D eigenvalue weighted by molar-refractivity contribution is 0.187. The van der Waals surface area contributed by atoms with Gasteiger partial charge in [0.15, 0.2) is 5.96 Å². The van der Waals surface area contributed by atoms with E-state index in [0.29, 0.717) is 19.0 Å². The fourth-order valence-corrected chi connectivity index (χ4v) is 4.22. The second kappa shape index (κ2) is 10.9. The Morgan fingerprint density at radius 2 is 1.77 bits per heavy atom. The number of likely N-dealkylation sites (tertiary alicyclic amines) is 1. The number of aliphatic imine (C=N–C) groups is 1. The normalized spacial score (nSPS) is 15.0. The molecule has 8 heteroatoms. The van der Waals surface area contributed by atoms with Crippen LogP contribution in [0, 0.1) is 11.7 Å². The van der Waals surface area contributed by atoms with Crippen molar-refractivity contribution in [3.8, 4) is 0 Å². The molecule has 1 aliphatic rings. The van der Waals surface area contributed by atoms with E-state index in [1.807, 2.05) is 24.3 Å². The van der Waals surface area contributed by atoms with Crippen molar-refractivity contribution in [2.24, 2.45) is 22.4 Å². The van der Waals surface area contributed by atoms with Gasteiger partial charge in [-0.15, -0.1) is 24.0 Å². The largest absolute Gasteiger partial charge is 0.370 e. The van der Waals surface area contributed by atoms with E-state index in [9.17, 15) is 4.39 Å². The molecule has 2 aromatic carbocycles. The van der Waals surface area contributed by atoms with Crippen LogP contribution in [0.3, 0.4) is 0 Å². The molecule has 4 rings (SSSR count). The van der Waals surface area contributed by atoms with E-state index >= 15 is 0 Å². The summed E-state index contributed by atoms with van der Waals surface area (Å²) in [6, 6.07) is 15.0. The maximum Gasteiger partial charge on any atom is 0.185 e. The molecule has 0 unspecified atom stereocenters. The monoisotopic (exact) mass is 536 g/mol. The Labute approximate surface area is 199 Å². The zero-order valence-corrected chi connectivity index (χ0v) is 19.9. The van der Waals surface area contributed by atoms with Gasteiger partial charge in [0.05, 0.1) is 17.6 Å². The van der Waals surface area contributed by atoms with E-state index in [1.54, 1.807) is 0 Å². The van der Waals surface area contributed by atoms with Crippen LogP contribution in [0.1, 0.15) is 24.2 Å². The predicted molar refractivity (Wildman–Crippen MR) is 134 cm³/mol.